The zero-order valence-electron chi connectivity index (χ0n) is 12.5. The van der Waals surface area contributed by atoms with Crippen molar-refractivity contribution < 1.29 is 15.3 Å². The summed E-state index contributed by atoms with van der Waals surface area (Å²) in [6.45, 7) is 2.24. The maximum Gasteiger partial charge on any atom is 0.281 e. The summed E-state index contributed by atoms with van der Waals surface area (Å²) < 4.78 is 0. The van der Waals surface area contributed by atoms with Gasteiger partial charge in [-0.25, -0.2) is 0 Å². The van der Waals surface area contributed by atoms with E-state index in [9.17, 15) is 0 Å². The average Bonchev–Trinajstić information content (AvgIpc) is 2.34. The van der Waals surface area contributed by atoms with Crippen LogP contribution in [0.2, 0.25) is 0 Å². The lowest BCUT2D eigenvalue weighted by molar-refractivity contribution is -0.310. The monoisotopic (exact) mass is 292 g/mol. The van der Waals surface area contributed by atoms with Crippen molar-refractivity contribution in [1.82, 2.24) is 0 Å². The van der Waals surface area contributed by atoms with Crippen molar-refractivity contribution in [3.05, 3.63) is 0 Å². The lowest BCUT2D eigenvalue weighted by Crippen LogP contribution is -2.37. The summed E-state index contributed by atoms with van der Waals surface area (Å²) in [5.41, 5.74) is -0.550. The molecule has 0 aromatic rings. The Morgan fingerprint density at radius 1 is 0.737 bits per heavy atom. The fraction of sp³-hybridized carbons (Fsp3) is 1.00. The minimum atomic E-state index is -2.54. The van der Waals surface area contributed by atoms with Gasteiger partial charge in [0, 0.05) is 0 Å². The Morgan fingerprint density at radius 3 is 1.47 bits per heavy atom. The van der Waals surface area contributed by atoms with Crippen molar-refractivity contribution in [1.29, 1.82) is 0 Å². The Bertz CT molecular complexity index is 192. The van der Waals surface area contributed by atoms with Gasteiger partial charge in [0.05, 0.1) is 5.66 Å². The third-order valence-corrected chi connectivity index (χ3v) is 4.40. The van der Waals surface area contributed by atoms with E-state index in [-0.39, 0.29) is 0 Å². The highest BCUT2D eigenvalue weighted by molar-refractivity contribution is 7.17. The third-order valence-electron chi connectivity index (χ3n) is 3.62. The predicted octanol–water partition coefficient (Wildman–Crippen LogP) is 3.56. The molecule has 19 heavy (non-hydrogen) atoms. The molecule has 0 bridgehead atoms. The second-order valence-corrected chi connectivity index (χ2v) is 6.42. The van der Waals surface area contributed by atoms with Crippen LogP contribution in [-0.4, -0.2) is 27.0 Å². The fourth-order valence-electron chi connectivity index (χ4n) is 2.22. The van der Waals surface area contributed by atoms with Gasteiger partial charge in [0.1, 0.15) is 0 Å². The number of hydrogen-bond donors (Lipinski definition) is 3. The molecule has 0 fully saturated rings. The molecule has 0 aliphatic carbocycles. The Labute approximate surface area is 121 Å². The van der Waals surface area contributed by atoms with E-state index in [1.165, 1.54) is 57.8 Å². The van der Waals surface area contributed by atoms with Crippen LogP contribution < -0.4 is 0 Å². The quantitative estimate of drug-likeness (QED) is 0.276. The van der Waals surface area contributed by atoms with E-state index in [0.717, 1.165) is 12.8 Å². The molecular formula is C15H33O3P. The lowest BCUT2D eigenvalue weighted by Gasteiger charge is -2.21. The van der Waals surface area contributed by atoms with Gasteiger partial charge in [-0.3, -0.25) is 0 Å². The van der Waals surface area contributed by atoms with Gasteiger partial charge in [-0.1, -0.05) is 77.6 Å². The van der Waals surface area contributed by atoms with E-state index in [0.29, 0.717) is 6.42 Å². The SMILES string of the molecule is CCCCCCCCCCCCCC(P)C(O)(O)O. The highest BCUT2D eigenvalue weighted by atomic mass is 31.0. The Kier molecular flexibility index (Phi) is 12.3. The van der Waals surface area contributed by atoms with Crippen LogP contribution in [0.15, 0.2) is 0 Å². The fourth-order valence-corrected chi connectivity index (χ4v) is 2.46. The summed E-state index contributed by atoms with van der Waals surface area (Å²) in [7, 11) is 2.29. The molecule has 0 heterocycles. The first kappa shape index (κ1) is 19.3. The van der Waals surface area contributed by atoms with Crippen LogP contribution in [0.1, 0.15) is 84.0 Å². The van der Waals surface area contributed by atoms with E-state index >= 15 is 0 Å². The third kappa shape index (κ3) is 13.1. The smallest absolute Gasteiger partial charge is 0.281 e. The number of aliphatic hydroxyl groups is 3. The van der Waals surface area contributed by atoms with E-state index < -0.39 is 11.6 Å². The van der Waals surface area contributed by atoms with Gasteiger partial charge < -0.3 is 15.3 Å². The first-order valence-electron chi connectivity index (χ1n) is 7.91. The zero-order chi connectivity index (χ0) is 14.6. The van der Waals surface area contributed by atoms with E-state index in [1.54, 1.807) is 0 Å². The van der Waals surface area contributed by atoms with Crippen LogP contribution in [0.5, 0.6) is 0 Å². The molecule has 0 aromatic heterocycles. The predicted molar refractivity (Wildman–Crippen MR) is 84.0 cm³/mol. The van der Waals surface area contributed by atoms with Gasteiger partial charge in [-0.15, -0.1) is 9.24 Å². The molecule has 3 N–H and O–H groups in total. The number of unbranched alkanes of at least 4 members (excludes halogenated alkanes) is 10. The van der Waals surface area contributed by atoms with Crippen LogP contribution in [0.3, 0.4) is 0 Å². The molecule has 0 radical (unpaired) electrons. The van der Waals surface area contributed by atoms with Crippen LogP contribution in [0, 0.1) is 0 Å². The summed E-state index contributed by atoms with van der Waals surface area (Å²) in [6, 6.07) is 0. The largest absolute Gasteiger partial charge is 0.343 e. The first-order chi connectivity index (χ1) is 8.98. The van der Waals surface area contributed by atoms with E-state index in [4.69, 9.17) is 15.3 Å². The molecule has 0 amide bonds. The van der Waals surface area contributed by atoms with Crippen molar-refractivity contribution in [2.24, 2.45) is 0 Å². The summed E-state index contributed by atoms with van der Waals surface area (Å²) in [4.78, 5) is 0. The highest BCUT2D eigenvalue weighted by Crippen LogP contribution is 2.20. The molecule has 0 aliphatic rings. The van der Waals surface area contributed by atoms with Crippen molar-refractivity contribution in [3.63, 3.8) is 0 Å². The molecule has 2 atom stereocenters. The number of rotatable bonds is 13. The normalized spacial score (nSPS) is 13.7. The van der Waals surface area contributed by atoms with Crippen molar-refractivity contribution in [3.8, 4) is 0 Å². The topological polar surface area (TPSA) is 60.7 Å². The Balaban J connectivity index is 3.15. The maximum absolute atomic E-state index is 8.94. The molecule has 0 aliphatic heterocycles. The van der Waals surface area contributed by atoms with Crippen molar-refractivity contribution >= 4 is 9.24 Å². The van der Waals surface area contributed by atoms with Crippen molar-refractivity contribution in [2.75, 3.05) is 0 Å². The Hall–Kier alpha value is 0.310. The summed E-state index contributed by atoms with van der Waals surface area (Å²) in [6.07, 6.45) is 14.7. The molecule has 4 heteroatoms. The minimum Gasteiger partial charge on any atom is -0.343 e. The van der Waals surface area contributed by atoms with E-state index in [1.807, 2.05) is 0 Å². The van der Waals surface area contributed by atoms with Gasteiger partial charge in [0.2, 0.25) is 0 Å². The second-order valence-electron chi connectivity index (χ2n) is 5.62. The van der Waals surface area contributed by atoms with Crippen LogP contribution in [-0.2, 0) is 0 Å². The lowest BCUT2D eigenvalue weighted by atomic mass is 10.0. The van der Waals surface area contributed by atoms with Crippen LogP contribution in [0.25, 0.3) is 0 Å². The van der Waals surface area contributed by atoms with Gasteiger partial charge in [-0.05, 0) is 6.42 Å². The van der Waals surface area contributed by atoms with E-state index in [2.05, 4.69) is 16.2 Å². The standard InChI is InChI=1S/C15H33O3P/c1-2-3-4-5-6-7-8-9-10-11-12-13-14(19)15(16,17)18/h14,16-18H,2-13,19H2,1H3. The van der Waals surface area contributed by atoms with Crippen molar-refractivity contribution in [2.45, 2.75) is 95.6 Å². The van der Waals surface area contributed by atoms with Gasteiger partial charge in [-0.2, -0.15) is 0 Å². The Morgan fingerprint density at radius 2 is 1.11 bits per heavy atom. The minimum absolute atomic E-state index is 0.550. The molecular weight excluding hydrogens is 259 g/mol. The zero-order valence-corrected chi connectivity index (χ0v) is 13.6. The molecule has 0 saturated carbocycles. The first-order valence-corrected chi connectivity index (χ1v) is 8.57. The highest BCUT2D eigenvalue weighted by Gasteiger charge is 2.27. The average molecular weight is 292 g/mol. The van der Waals surface area contributed by atoms with Crippen LogP contribution >= 0.6 is 9.24 Å². The molecule has 2 unspecified atom stereocenters. The molecule has 3 nitrogen and oxygen atoms in total. The maximum atomic E-state index is 8.94. The van der Waals surface area contributed by atoms with Crippen LogP contribution in [0.4, 0.5) is 0 Å². The van der Waals surface area contributed by atoms with Gasteiger partial charge >= 0.3 is 0 Å². The molecule has 0 spiro atoms. The number of hydrogen-bond acceptors (Lipinski definition) is 3. The van der Waals surface area contributed by atoms with Gasteiger partial charge in [0.15, 0.2) is 0 Å². The van der Waals surface area contributed by atoms with Gasteiger partial charge in [0.25, 0.3) is 5.97 Å². The molecule has 0 saturated heterocycles. The summed E-state index contributed by atoms with van der Waals surface area (Å²) >= 11 is 0. The molecule has 0 rings (SSSR count). The molecule has 0 aromatic carbocycles. The second kappa shape index (κ2) is 12.1. The summed E-state index contributed by atoms with van der Waals surface area (Å²) in [5, 5.41) is 26.8. The molecule has 116 valence electrons. The summed E-state index contributed by atoms with van der Waals surface area (Å²) in [5.74, 6) is -2.54.